The summed E-state index contributed by atoms with van der Waals surface area (Å²) in [6, 6.07) is 10.7. The smallest absolute Gasteiger partial charge is 0.270 e. The largest absolute Gasteiger partial charge is 0.464 e. The van der Waals surface area contributed by atoms with Crippen LogP contribution >= 0.6 is 0 Å². The number of nitrogens with zero attached hydrogens (tertiary/aromatic N) is 1. The molecule has 0 bridgehead atoms. The van der Waals surface area contributed by atoms with E-state index in [9.17, 15) is 9.18 Å². The molecule has 2 heterocycles. The van der Waals surface area contributed by atoms with Crippen LogP contribution in [0.5, 0.6) is 0 Å². The molecule has 4 nitrogen and oxygen atoms in total. The Morgan fingerprint density at radius 2 is 2.12 bits per heavy atom. The van der Waals surface area contributed by atoms with E-state index in [2.05, 4.69) is 11.9 Å². The Bertz CT molecular complexity index is 985. The summed E-state index contributed by atoms with van der Waals surface area (Å²) in [5.74, 6) is 2.66. The maximum Gasteiger partial charge on any atom is 0.270 e. The summed E-state index contributed by atoms with van der Waals surface area (Å²) >= 11 is 0. The second kappa shape index (κ2) is 5.73. The summed E-state index contributed by atoms with van der Waals surface area (Å²) in [5.41, 5.74) is 1.08. The number of benzene rings is 1. The van der Waals surface area contributed by atoms with Gasteiger partial charge in [-0.3, -0.25) is 4.79 Å². The molecule has 26 heavy (non-hydrogen) atoms. The van der Waals surface area contributed by atoms with E-state index in [4.69, 9.17) is 4.42 Å². The van der Waals surface area contributed by atoms with Crippen LogP contribution in [0.25, 0.3) is 10.9 Å². The fourth-order valence-corrected chi connectivity index (χ4v) is 3.71. The minimum absolute atomic E-state index is 0.0964. The molecule has 2 saturated carbocycles. The second-order valence-corrected chi connectivity index (χ2v) is 7.67. The number of halogens is 1. The van der Waals surface area contributed by atoms with Gasteiger partial charge in [0.1, 0.15) is 23.0 Å². The van der Waals surface area contributed by atoms with Crippen molar-refractivity contribution >= 4 is 16.8 Å². The van der Waals surface area contributed by atoms with Gasteiger partial charge in [0, 0.05) is 22.9 Å². The van der Waals surface area contributed by atoms with E-state index in [-0.39, 0.29) is 17.8 Å². The van der Waals surface area contributed by atoms with Crippen molar-refractivity contribution in [3.8, 4) is 0 Å². The molecule has 0 aliphatic heterocycles. The first-order valence-electron chi connectivity index (χ1n) is 9.27. The molecule has 3 aromatic rings. The number of hydrogen-bond donors (Lipinski definition) is 1. The topological polar surface area (TPSA) is 49.2 Å². The van der Waals surface area contributed by atoms with Crippen molar-refractivity contribution in [2.75, 3.05) is 0 Å². The van der Waals surface area contributed by atoms with Crippen LogP contribution in [-0.4, -0.2) is 21.8 Å². The number of aromatic amines is 1. The Morgan fingerprint density at radius 1 is 1.31 bits per heavy atom. The Morgan fingerprint density at radius 3 is 2.81 bits per heavy atom. The molecule has 2 aliphatic carbocycles. The van der Waals surface area contributed by atoms with Gasteiger partial charge in [0.05, 0.1) is 6.54 Å². The number of nitrogens with one attached hydrogen (secondary N) is 1. The second-order valence-electron chi connectivity index (χ2n) is 7.67. The molecule has 0 radical (unpaired) electrons. The van der Waals surface area contributed by atoms with Gasteiger partial charge in [-0.15, -0.1) is 0 Å². The molecular weight excluding hydrogens is 331 g/mol. The van der Waals surface area contributed by atoms with Crippen LogP contribution in [0.4, 0.5) is 4.39 Å². The maximum absolute atomic E-state index is 13.9. The van der Waals surface area contributed by atoms with Crippen LogP contribution in [0.2, 0.25) is 0 Å². The lowest BCUT2D eigenvalue weighted by atomic mass is 10.2. The lowest BCUT2D eigenvalue weighted by molar-refractivity contribution is 0.0711. The highest BCUT2D eigenvalue weighted by Crippen LogP contribution is 2.47. The molecule has 0 saturated heterocycles. The molecule has 5 heteroatoms. The minimum Gasteiger partial charge on any atom is -0.464 e. The van der Waals surface area contributed by atoms with Gasteiger partial charge in [-0.05, 0) is 55.5 Å². The summed E-state index contributed by atoms with van der Waals surface area (Å²) in [6.45, 7) is 2.68. The van der Waals surface area contributed by atoms with E-state index >= 15 is 0 Å². The Hall–Kier alpha value is -2.56. The fourth-order valence-electron chi connectivity index (χ4n) is 3.71. The van der Waals surface area contributed by atoms with Gasteiger partial charge in [-0.2, -0.15) is 0 Å². The number of aromatic nitrogens is 1. The van der Waals surface area contributed by atoms with E-state index in [1.165, 1.54) is 12.5 Å². The van der Waals surface area contributed by atoms with Crippen molar-refractivity contribution in [2.45, 2.75) is 44.7 Å². The molecular formula is C21H21FN2O2. The molecule has 2 fully saturated rings. The third-order valence-electron chi connectivity index (χ3n) is 5.57. The van der Waals surface area contributed by atoms with E-state index in [1.807, 2.05) is 17.0 Å². The zero-order valence-corrected chi connectivity index (χ0v) is 14.7. The molecule has 2 aromatic heterocycles. The van der Waals surface area contributed by atoms with Crippen LogP contribution in [0.3, 0.4) is 0 Å². The van der Waals surface area contributed by atoms with Crippen molar-refractivity contribution in [3.63, 3.8) is 0 Å². The van der Waals surface area contributed by atoms with Crippen molar-refractivity contribution in [1.29, 1.82) is 0 Å². The molecule has 1 N–H and O–H groups in total. The number of hydrogen-bond acceptors (Lipinski definition) is 2. The number of carbonyl (C=O) groups is 1. The van der Waals surface area contributed by atoms with Gasteiger partial charge in [-0.1, -0.05) is 13.0 Å². The van der Waals surface area contributed by atoms with Crippen LogP contribution in [-0.2, 0) is 6.54 Å². The van der Waals surface area contributed by atoms with Crippen molar-refractivity contribution < 1.29 is 13.6 Å². The Labute approximate surface area is 151 Å². The molecule has 1 aromatic carbocycles. The molecule has 134 valence electrons. The first-order chi connectivity index (χ1) is 12.6. The number of H-pyrrole nitrogens is 1. The minimum atomic E-state index is -0.315. The summed E-state index contributed by atoms with van der Waals surface area (Å²) in [6.07, 6.45) is 3.19. The van der Waals surface area contributed by atoms with Crippen molar-refractivity contribution in [3.05, 3.63) is 59.4 Å². The van der Waals surface area contributed by atoms with Crippen LogP contribution in [0.15, 0.2) is 40.8 Å². The average Bonchev–Trinajstić information content (AvgIpc) is 3.50. The predicted octanol–water partition coefficient (Wildman–Crippen LogP) is 4.83. The standard InChI is InChI=1S/C21H21FN2O2/c1-12-9-15(12)20-8-7-14(26-20)11-24(13-5-6-13)21(25)19-10-16-17(22)3-2-4-18(16)23-19/h2-4,7-8,10,12-13,15,23H,5-6,9,11H2,1H3. The van der Waals surface area contributed by atoms with Gasteiger partial charge in [-0.25, -0.2) is 4.39 Å². The van der Waals surface area contributed by atoms with E-state index in [0.29, 0.717) is 35.0 Å². The zero-order chi connectivity index (χ0) is 17.8. The van der Waals surface area contributed by atoms with Crippen LogP contribution in [0.1, 0.15) is 54.1 Å². The highest BCUT2D eigenvalue weighted by molar-refractivity contribution is 5.98. The van der Waals surface area contributed by atoms with Crippen LogP contribution in [0, 0.1) is 11.7 Å². The number of amides is 1. The van der Waals surface area contributed by atoms with Crippen molar-refractivity contribution in [1.82, 2.24) is 9.88 Å². The molecule has 0 spiro atoms. The monoisotopic (exact) mass is 352 g/mol. The molecule has 2 unspecified atom stereocenters. The van der Waals surface area contributed by atoms with Gasteiger partial charge in [0.15, 0.2) is 0 Å². The maximum atomic E-state index is 13.9. The first-order valence-corrected chi connectivity index (χ1v) is 9.27. The van der Waals surface area contributed by atoms with Gasteiger partial charge >= 0.3 is 0 Å². The summed E-state index contributed by atoms with van der Waals surface area (Å²) in [5, 5.41) is 0.453. The molecule has 5 rings (SSSR count). The van der Waals surface area contributed by atoms with Gasteiger partial charge in [0.2, 0.25) is 0 Å². The Balaban J connectivity index is 1.40. The third kappa shape index (κ3) is 2.71. The summed E-state index contributed by atoms with van der Waals surface area (Å²) < 4.78 is 19.9. The quantitative estimate of drug-likeness (QED) is 0.715. The van der Waals surface area contributed by atoms with E-state index in [0.717, 1.165) is 24.4 Å². The fraction of sp³-hybridized carbons (Fsp3) is 0.381. The SMILES string of the molecule is CC1CC1c1ccc(CN(C(=O)c2cc3c(F)cccc3[nH]2)C2CC2)o1. The number of rotatable bonds is 5. The number of furan rings is 1. The Kier molecular flexibility index (Phi) is 3.45. The third-order valence-corrected chi connectivity index (χ3v) is 5.57. The van der Waals surface area contributed by atoms with E-state index in [1.54, 1.807) is 18.2 Å². The highest BCUT2D eigenvalue weighted by atomic mass is 19.1. The predicted molar refractivity (Wildman–Crippen MR) is 96.4 cm³/mol. The lowest BCUT2D eigenvalue weighted by Gasteiger charge is -2.20. The molecule has 1 amide bonds. The zero-order valence-electron chi connectivity index (χ0n) is 14.7. The van der Waals surface area contributed by atoms with Crippen LogP contribution < -0.4 is 0 Å². The summed E-state index contributed by atoms with van der Waals surface area (Å²) in [7, 11) is 0. The highest BCUT2D eigenvalue weighted by Gasteiger charge is 2.38. The van der Waals surface area contributed by atoms with Gasteiger partial charge in [0.25, 0.3) is 5.91 Å². The number of carbonyl (C=O) groups excluding carboxylic acids is 1. The lowest BCUT2D eigenvalue weighted by Crippen LogP contribution is -2.32. The van der Waals surface area contributed by atoms with Crippen molar-refractivity contribution in [2.24, 2.45) is 5.92 Å². The van der Waals surface area contributed by atoms with E-state index < -0.39 is 0 Å². The molecule has 2 aliphatic rings. The first kappa shape index (κ1) is 15.7. The van der Waals surface area contributed by atoms with Gasteiger partial charge < -0.3 is 14.3 Å². The normalized spacial score (nSPS) is 21.9. The summed E-state index contributed by atoms with van der Waals surface area (Å²) in [4.78, 5) is 18.0. The number of fused-ring (bicyclic) bond motifs is 1. The average molecular weight is 352 g/mol. The molecule has 2 atom stereocenters.